The summed E-state index contributed by atoms with van der Waals surface area (Å²) in [5.41, 5.74) is 1.10. The fourth-order valence-electron chi connectivity index (χ4n) is 2.15. The van der Waals surface area contributed by atoms with Crippen LogP contribution in [0.1, 0.15) is 10.4 Å². The molecule has 1 heterocycles. The minimum atomic E-state index is -1.46. The highest BCUT2D eigenvalue weighted by Gasteiger charge is 2.14. The zero-order chi connectivity index (χ0) is 18.5. The minimum absolute atomic E-state index is 0.245. The number of nitrogens with zero attached hydrogens (tertiary/aromatic N) is 3. The smallest absolute Gasteiger partial charge is 0.255 e. The Morgan fingerprint density at radius 1 is 1.04 bits per heavy atom. The van der Waals surface area contributed by atoms with Gasteiger partial charge < -0.3 is 5.32 Å². The van der Waals surface area contributed by atoms with Crippen LogP contribution in [0.4, 0.5) is 11.6 Å². The summed E-state index contributed by atoms with van der Waals surface area (Å²) in [6.45, 7) is 0. The van der Waals surface area contributed by atoms with E-state index in [0.717, 1.165) is 0 Å². The number of anilines is 2. The van der Waals surface area contributed by atoms with Crippen molar-refractivity contribution < 1.29 is 9.00 Å². The first kappa shape index (κ1) is 18.0. The van der Waals surface area contributed by atoms with Gasteiger partial charge in [0.1, 0.15) is 0 Å². The van der Waals surface area contributed by atoms with Crippen LogP contribution in [0.3, 0.4) is 0 Å². The van der Waals surface area contributed by atoms with Crippen LogP contribution in [-0.2, 0) is 11.0 Å². The molecule has 132 valence electrons. The molecule has 1 unspecified atom stereocenters. The number of hydrogen-bond donors (Lipinski definition) is 1. The second-order valence-electron chi connectivity index (χ2n) is 5.28. The average Bonchev–Trinajstić information content (AvgIpc) is 2.68. The highest BCUT2D eigenvalue weighted by molar-refractivity contribution is 7.86. The number of halogens is 1. The normalized spacial score (nSPS) is 11.6. The van der Waals surface area contributed by atoms with Crippen molar-refractivity contribution in [3.05, 3.63) is 77.6 Å². The first-order chi connectivity index (χ1) is 12.5. The van der Waals surface area contributed by atoms with Crippen molar-refractivity contribution in [2.75, 3.05) is 16.7 Å². The third-order valence-corrected chi connectivity index (χ3v) is 5.09. The third-order valence-electron chi connectivity index (χ3n) is 3.50. The maximum absolute atomic E-state index is 12.6. The van der Waals surface area contributed by atoms with Gasteiger partial charge in [0.2, 0.25) is 5.95 Å². The van der Waals surface area contributed by atoms with Crippen molar-refractivity contribution in [1.29, 1.82) is 0 Å². The molecular weight excluding hydrogens is 372 g/mol. The fourth-order valence-corrected chi connectivity index (χ4v) is 3.20. The Balaban J connectivity index is 1.69. The zero-order valence-corrected chi connectivity index (χ0v) is 15.4. The number of benzene rings is 2. The molecule has 0 aliphatic carbocycles. The maximum Gasteiger partial charge on any atom is 0.255 e. The Labute approximate surface area is 158 Å². The first-order valence-electron chi connectivity index (χ1n) is 7.64. The van der Waals surface area contributed by atoms with Crippen LogP contribution in [0.5, 0.6) is 0 Å². The third kappa shape index (κ3) is 4.25. The summed E-state index contributed by atoms with van der Waals surface area (Å²) in [7, 11) is 0.197. The van der Waals surface area contributed by atoms with Crippen molar-refractivity contribution in [2.45, 2.75) is 4.90 Å². The molecule has 0 bridgehead atoms. The van der Waals surface area contributed by atoms with Crippen molar-refractivity contribution in [3.8, 4) is 0 Å². The Kier molecular flexibility index (Phi) is 5.60. The SMILES string of the molecule is CN(c1ncccn1)S(=O)c1ccc(NC(=O)c2ccc(Cl)cc2)cc1. The van der Waals surface area contributed by atoms with Crippen molar-refractivity contribution in [3.63, 3.8) is 0 Å². The second-order valence-corrected chi connectivity index (χ2v) is 7.23. The molecule has 2 aromatic carbocycles. The summed E-state index contributed by atoms with van der Waals surface area (Å²) in [4.78, 5) is 20.9. The lowest BCUT2D eigenvalue weighted by Gasteiger charge is -2.15. The standard InChI is InChI=1S/C18H15ClN4O2S/c1-23(18-20-11-2-12-21-18)26(25)16-9-7-15(8-10-16)22-17(24)13-3-5-14(19)6-4-13/h2-12H,1H3,(H,22,24). The molecule has 0 fully saturated rings. The largest absolute Gasteiger partial charge is 0.322 e. The average molecular weight is 387 g/mol. The molecule has 6 nitrogen and oxygen atoms in total. The predicted octanol–water partition coefficient (Wildman–Crippen LogP) is 3.54. The summed E-state index contributed by atoms with van der Waals surface area (Å²) >= 11 is 5.82. The zero-order valence-electron chi connectivity index (χ0n) is 13.8. The van der Waals surface area contributed by atoms with Crippen molar-refractivity contribution in [2.24, 2.45) is 0 Å². The fraction of sp³-hybridized carbons (Fsp3) is 0.0556. The molecule has 0 spiro atoms. The number of amides is 1. The number of aromatic nitrogens is 2. The monoisotopic (exact) mass is 386 g/mol. The lowest BCUT2D eigenvalue weighted by atomic mass is 10.2. The molecule has 1 aromatic heterocycles. The molecule has 0 saturated heterocycles. The molecule has 3 rings (SSSR count). The molecule has 8 heteroatoms. The Morgan fingerprint density at radius 3 is 2.27 bits per heavy atom. The van der Waals surface area contributed by atoms with Crippen LogP contribution >= 0.6 is 11.6 Å². The van der Waals surface area contributed by atoms with Gasteiger partial charge in [-0.3, -0.25) is 9.10 Å². The van der Waals surface area contributed by atoms with E-state index in [9.17, 15) is 9.00 Å². The van der Waals surface area contributed by atoms with Gasteiger partial charge in [-0.25, -0.2) is 14.2 Å². The van der Waals surface area contributed by atoms with Gasteiger partial charge in [0.25, 0.3) is 5.91 Å². The molecule has 3 aromatic rings. The van der Waals surface area contributed by atoms with E-state index in [-0.39, 0.29) is 5.91 Å². The van der Waals surface area contributed by atoms with Gasteiger partial charge in [-0.15, -0.1) is 0 Å². The predicted molar refractivity (Wildman–Crippen MR) is 103 cm³/mol. The Morgan fingerprint density at radius 2 is 1.65 bits per heavy atom. The van der Waals surface area contributed by atoms with Gasteiger partial charge in [-0.05, 0) is 54.6 Å². The van der Waals surface area contributed by atoms with Crippen LogP contribution in [0.2, 0.25) is 5.02 Å². The number of hydrogen-bond acceptors (Lipinski definition) is 4. The van der Waals surface area contributed by atoms with E-state index in [1.54, 1.807) is 74.0 Å². The Hall–Kier alpha value is -2.77. The summed E-state index contributed by atoms with van der Waals surface area (Å²) in [6, 6.07) is 15.1. The quantitative estimate of drug-likeness (QED) is 0.727. The lowest BCUT2D eigenvalue weighted by Crippen LogP contribution is -2.22. The first-order valence-corrected chi connectivity index (χ1v) is 9.12. The molecule has 1 N–H and O–H groups in total. The number of nitrogens with one attached hydrogen (secondary N) is 1. The second kappa shape index (κ2) is 8.07. The van der Waals surface area contributed by atoms with Crippen LogP contribution in [-0.4, -0.2) is 27.1 Å². The molecule has 0 aliphatic rings. The van der Waals surface area contributed by atoms with Gasteiger partial charge in [0.05, 0.1) is 4.90 Å². The summed E-state index contributed by atoms with van der Waals surface area (Å²) in [5.74, 6) is 0.122. The van der Waals surface area contributed by atoms with Gasteiger partial charge in [-0.1, -0.05) is 11.6 Å². The molecule has 1 atom stereocenters. The van der Waals surface area contributed by atoms with Gasteiger partial charge in [-0.2, -0.15) is 0 Å². The number of carbonyl (C=O) groups excluding carboxylic acids is 1. The molecule has 26 heavy (non-hydrogen) atoms. The molecule has 1 amide bonds. The topological polar surface area (TPSA) is 75.2 Å². The van der Waals surface area contributed by atoms with Crippen LogP contribution < -0.4 is 9.62 Å². The van der Waals surface area contributed by atoms with Crippen LogP contribution in [0.25, 0.3) is 0 Å². The number of carbonyl (C=O) groups is 1. The highest BCUT2D eigenvalue weighted by Crippen LogP contribution is 2.18. The highest BCUT2D eigenvalue weighted by atomic mass is 35.5. The van der Waals surface area contributed by atoms with Crippen LogP contribution in [0.15, 0.2) is 71.9 Å². The lowest BCUT2D eigenvalue weighted by molar-refractivity contribution is 0.102. The van der Waals surface area contributed by atoms with Crippen molar-refractivity contribution >= 4 is 40.1 Å². The summed E-state index contributed by atoms with van der Waals surface area (Å²) in [6.07, 6.45) is 3.18. The van der Waals surface area contributed by atoms with E-state index >= 15 is 0 Å². The molecule has 0 radical (unpaired) electrons. The van der Waals surface area contributed by atoms with Crippen LogP contribution in [0, 0.1) is 0 Å². The van der Waals surface area contributed by atoms with E-state index in [0.29, 0.717) is 27.1 Å². The molecule has 0 saturated carbocycles. The van der Waals surface area contributed by atoms with E-state index in [1.165, 1.54) is 4.31 Å². The van der Waals surface area contributed by atoms with E-state index in [4.69, 9.17) is 11.6 Å². The van der Waals surface area contributed by atoms with Gasteiger partial charge in [0.15, 0.2) is 11.0 Å². The summed E-state index contributed by atoms with van der Waals surface area (Å²) < 4.78 is 14.1. The maximum atomic E-state index is 12.6. The summed E-state index contributed by atoms with van der Waals surface area (Å²) in [5, 5.41) is 3.35. The van der Waals surface area contributed by atoms with Gasteiger partial charge >= 0.3 is 0 Å². The molecular formula is C18H15ClN4O2S. The van der Waals surface area contributed by atoms with Gasteiger partial charge in [0, 0.05) is 35.7 Å². The Bertz CT molecular complexity index is 918. The minimum Gasteiger partial charge on any atom is -0.322 e. The van der Waals surface area contributed by atoms with E-state index in [2.05, 4.69) is 15.3 Å². The van der Waals surface area contributed by atoms with E-state index < -0.39 is 11.0 Å². The number of rotatable bonds is 5. The molecule has 0 aliphatic heterocycles. The van der Waals surface area contributed by atoms with E-state index in [1.807, 2.05) is 0 Å². The van der Waals surface area contributed by atoms with Crippen molar-refractivity contribution in [1.82, 2.24) is 9.97 Å².